The van der Waals surface area contributed by atoms with Crippen molar-refractivity contribution in [2.75, 3.05) is 0 Å². The van der Waals surface area contributed by atoms with Gasteiger partial charge >= 0.3 is 12.1 Å². The number of carboxylic acids is 1. The van der Waals surface area contributed by atoms with Crippen LogP contribution in [0.2, 0.25) is 0 Å². The highest BCUT2D eigenvalue weighted by Gasteiger charge is 2.30. The van der Waals surface area contributed by atoms with Crippen molar-refractivity contribution >= 4 is 16.9 Å². The molecule has 2 rings (SSSR count). The van der Waals surface area contributed by atoms with E-state index in [0.29, 0.717) is 0 Å². The number of aliphatic carboxylic acids is 1. The van der Waals surface area contributed by atoms with Gasteiger partial charge in [0.1, 0.15) is 0 Å². The summed E-state index contributed by atoms with van der Waals surface area (Å²) in [6, 6.07) is 3.75. The topological polar surface area (TPSA) is 70.2 Å². The molecular weight excluding hydrogens is 263 g/mol. The molecule has 4 nitrogen and oxygen atoms in total. The highest BCUT2D eigenvalue weighted by atomic mass is 19.4. The van der Waals surface area contributed by atoms with Gasteiger partial charge in [-0.3, -0.25) is 9.59 Å². The average molecular weight is 271 g/mol. The van der Waals surface area contributed by atoms with E-state index in [4.69, 9.17) is 5.11 Å². The number of nitrogens with one attached hydrogen (secondary N) is 1. The number of fused-ring (bicyclic) bond motifs is 1. The Balaban J connectivity index is 2.63. The quantitative estimate of drug-likeness (QED) is 0.879. The fraction of sp³-hybridized carbons (Fsp3) is 0.167. The standard InChI is InChI=1S/C12H8F3NO3/c13-12(14,15)6-1-2-8-9(3-6)16-7(4-10(8)17)5-11(18)19/h1-4H,5H2,(H,16,17)(H,18,19). The molecule has 1 aromatic heterocycles. The lowest BCUT2D eigenvalue weighted by molar-refractivity contribution is -0.138. The summed E-state index contributed by atoms with van der Waals surface area (Å²) >= 11 is 0. The molecule has 0 fully saturated rings. The smallest absolute Gasteiger partial charge is 0.416 e. The number of carboxylic acid groups (broad SMARTS) is 1. The van der Waals surface area contributed by atoms with Crippen LogP contribution in [0.1, 0.15) is 11.3 Å². The van der Waals surface area contributed by atoms with Crippen molar-refractivity contribution in [3.63, 3.8) is 0 Å². The summed E-state index contributed by atoms with van der Waals surface area (Å²) < 4.78 is 37.6. The van der Waals surface area contributed by atoms with Gasteiger partial charge in [0.25, 0.3) is 0 Å². The summed E-state index contributed by atoms with van der Waals surface area (Å²) in [4.78, 5) is 24.7. The summed E-state index contributed by atoms with van der Waals surface area (Å²) in [5.41, 5.74) is -1.38. The lowest BCUT2D eigenvalue weighted by atomic mass is 10.1. The average Bonchev–Trinajstić information content (AvgIpc) is 2.26. The monoisotopic (exact) mass is 271 g/mol. The molecule has 100 valence electrons. The van der Waals surface area contributed by atoms with E-state index in [9.17, 15) is 22.8 Å². The third kappa shape index (κ3) is 2.75. The molecule has 0 aliphatic rings. The van der Waals surface area contributed by atoms with Gasteiger partial charge in [0, 0.05) is 17.1 Å². The van der Waals surface area contributed by atoms with Gasteiger partial charge in [0.15, 0.2) is 5.43 Å². The fourth-order valence-corrected chi connectivity index (χ4v) is 1.74. The van der Waals surface area contributed by atoms with Gasteiger partial charge in [-0.25, -0.2) is 0 Å². The first-order chi connectivity index (χ1) is 8.77. The van der Waals surface area contributed by atoms with E-state index < -0.39 is 29.6 Å². The van der Waals surface area contributed by atoms with Gasteiger partial charge in [-0.2, -0.15) is 13.2 Å². The second-order valence-corrected chi connectivity index (χ2v) is 3.99. The first kappa shape index (κ1) is 13.1. The van der Waals surface area contributed by atoms with Gasteiger partial charge < -0.3 is 10.1 Å². The van der Waals surface area contributed by atoms with E-state index in [1.54, 1.807) is 0 Å². The van der Waals surface area contributed by atoms with Gasteiger partial charge in [-0.1, -0.05) is 0 Å². The maximum atomic E-state index is 12.5. The molecule has 0 saturated heterocycles. The van der Waals surface area contributed by atoms with Crippen LogP contribution in [0.25, 0.3) is 10.9 Å². The van der Waals surface area contributed by atoms with Crippen LogP contribution in [0.5, 0.6) is 0 Å². The van der Waals surface area contributed by atoms with Crippen molar-refractivity contribution in [2.45, 2.75) is 12.6 Å². The van der Waals surface area contributed by atoms with Gasteiger partial charge in [-0.15, -0.1) is 0 Å². The lowest BCUT2D eigenvalue weighted by Gasteiger charge is -2.08. The molecule has 0 saturated carbocycles. The van der Waals surface area contributed by atoms with Crippen LogP contribution in [-0.4, -0.2) is 16.1 Å². The van der Waals surface area contributed by atoms with Crippen LogP contribution in [0, 0.1) is 0 Å². The molecule has 0 atom stereocenters. The summed E-state index contributed by atoms with van der Waals surface area (Å²) in [5, 5.41) is 8.70. The molecule has 0 unspecified atom stereocenters. The number of hydrogen-bond donors (Lipinski definition) is 2. The number of halogens is 3. The largest absolute Gasteiger partial charge is 0.481 e. The normalized spacial score (nSPS) is 11.7. The zero-order chi connectivity index (χ0) is 14.2. The van der Waals surface area contributed by atoms with Crippen LogP contribution >= 0.6 is 0 Å². The second kappa shape index (κ2) is 4.42. The fourth-order valence-electron chi connectivity index (χ4n) is 1.74. The Bertz CT molecular complexity index is 703. The first-order valence-electron chi connectivity index (χ1n) is 5.22. The minimum Gasteiger partial charge on any atom is -0.481 e. The lowest BCUT2D eigenvalue weighted by Crippen LogP contribution is -2.11. The first-order valence-corrected chi connectivity index (χ1v) is 5.22. The molecule has 0 spiro atoms. The number of carbonyl (C=O) groups is 1. The number of rotatable bonds is 2. The molecular formula is C12H8F3NO3. The van der Waals surface area contributed by atoms with E-state index in [1.165, 1.54) is 0 Å². The molecule has 0 aliphatic heterocycles. The number of alkyl halides is 3. The highest BCUT2D eigenvalue weighted by Crippen LogP contribution is 2.30. The van der Waals surface area contributed by atoms with Crippen LogP contribution in [0.3, 0.4) is 0 Å². The SMILES string of the molecule is O=C(O)Cc1cc(=O)c2ccc(C(F)(F)F)cc2[nH]1. The predicted octanol–water partition coefficient (Wildman–Crippen LogP) is 2.17. The van der Waals surface area contributed by atoms with Crippen molar-refractivity contribution in [1.29, 1.82) is 0 Å². The van der Waals surface area contributed by atoms with E-state index in [-0.39, 0.29) is 16.6 Å². The Morgan fingerprint density at radius 3 is 2.53 bits per heavy atom. The van der Waals surface area contributed by atoms with E-state index in [0.717, 1.165) is 24.3 Å². The Morgan fingerprint density at radius 2 is 1.95 bits per heavy atom. The number of hydrogen-bond acceptors (Lipinski definition) is 2. The molecule has 0 radical (unpaired) electrons. The third-order valence-electron chi connectivity index (χ3n) is 2.55. The van der Waals surface area contributed by atoms with E-state index >= 15 is 0 Å². The van der Waals surface area contributed by atoms with Crippen molar-refractivity contribution < 1.29 is 23.1 Å². The molecule has 2 N–H and O–H groups in total. The molecule has 0 aliphatic carbocycles. The van der Waals surface area contributed by atoms with E-state index in [1.807, 2.05) is 0 Å². The summed E-state index contributed by atoms with van der Waals surface area (Å²) in [5.74, 6) is -1.18. The molecule has 7 heteroatoms. The predicted molar refractivity (Wildman–Crippen MR) is 60.9 cm³/mol. The van der Waals surface area contributed by atoms with Crippen molar-refractivity contribution in [1.82, 2.24) is 4.98 Å². The maximum Gasteiger partial charge on any atom is 0.416 e. The van der Waals surface area contributed by atoms with Gasteiger partial charge in [0.05, 0.1) is 17.5 Å². The summed E-state index contributed by atoms with van der Waals surface area (Å²) in [6.07, 6.45) is -4.98. The Labute approximate surface area is 104 Å². The molecule has 19 heavy (non-hydrogen) atoms. The summed E-state index contributed by atoms with van der Waals surface area (Å²) in [7, 11) is 0. The van der Waals surface area contributed by atoms with Crippen molar-refractivity contribution in [2.24, 2.45) is 0 Å². The number of H-pyrrole nitrogens is 1. The minimum atomic E-state index is -4.52. The molecule has 1 heterocycles. The Hall–Kier alpha value is -2.31. The summed E-state index contributed by atoms with van der Waals surface area (Å²) in [6.45, 7) is 0. The van der Waals surface area contributed by atoms with Gasteiger partial charge in [0.2, 0.25) is 0 Å². The highest BCUT2D eigenvalue weighted by molar-refractivity contribution is 5.80. The van der Waals surface area contributed by atoms with Crippen LogP contribution < -0.4 is 5.43 Å². The Morgan fingerprint density at radius 1 is 1.26 bits per heavy atom. The Kier molecular flexibility index (Phi) is 3.05. The van der Waals surface area contributed by atoms with Crippen molar-refractivity contribution in [3.8, 4) is 0 Å². The molecule has 2 aromatic rings. The number of aromatic amines is 1. The van der Waals surface area contributed by atoms with Crippen molar-refractivity contribution in [3.05, 3.63) is 45.7 Å². The zero-order valence-corrected chi connectivity index (χ0v) is 9.41. The number of pyridine rings is 1. The number of aromatic nitrogens is 1. The molecule has 0 amide bonds. The van der Waals surface area contributed by atoms with Crippen LogP contribution in [-0.2, 0) is 17.4 Å². The third-order valence-corrected chi connectivity index (χ3v) is 2.55. The van der Waals surface area contributed by atoms with Crippen LogP contribution in [0.4, 0.5) is 13.2 Å². The van der Waals surface area contributed by atoms with E-state index in [2.05, 4.69) is 4.98 Å². The molecule has 1 aromatic carbocycles. The zero-order valence-electron chi connectivity index (χ0n) is 9.41. The maximum absolute atomic E-state index is 12.5. The van der Waals surface area contributed by atoms with Gasteiger partial charge in [-0.05, 0) is 18.2 Å². The molecule has 0 bridgehead atoms. The second-order valence-electron chi connectivity index (χ2n) is 3.99. The minimum absolute atomic E-state index is 0.0291. The van der Waals surface area contributed by atoms with Crippen LogP contribution in [0.15, 0.2) is 29.1 Å². The number of benzene rings is 1.